The van der Waals surface area contributed by atoms with Crippen LogP contribution in [0.4, 0.5) is 4.79 Å². The molecule has 0 radical (unpaired) electrons. The Balaban J connectivity index is 1.77. The van der Waals surface area contributed by atoms with Crippen LogP contribution in [0.25, 0.3) is 0 Å². The zero-order valence-electron chi connectivity index (χ0n) is 17.0. The summed E-state index contributed by atoms with van der Waals surface area (Å²) in [5.74, 6) is 1.54. The Morgan fingerprint density at radius 3 is 2.41 bits per heavy atom. The van der Waals surface area contributed by atoms with Crippen molar-refractivity contribution >= 4 is 12.1 Å². The molecule has 0 saturated heterocycles. The van der Waals surface area contributed by atoms with Crippen LogP contribution in [-0.4, -0.2) is 55.8 Å². The molecule has 1 aromatic carbocycles. The highest BCUT2D eigenvalue weighted by Gasteiger charge is 2.34. The molecular formula is C20H32N4O3. The van der Waals surface area contributed by atoms with Gasteiger partial charge in [-0.25, -0.2) is 4.79 Å². The smallest absolute Gasteiger partial charge is 0.410 e. The number of hydrogen-bond donors (Lipinski definition) is 2. The standard InChI is InChI=1S/C20H32N4O3/c1-20(2,3)27-19(25)24(16-8-9-16)13-12-22-18(21-4)23-14-15-6-10-17(26-5)11-7-15/h6-7,10-11,16H,8-9,12-14H2,1-5H3,(H2,21,22,23). The van der Waals surface area contributed by atoms with Gasteiger partial charge in [-0.2, -0.15) is 0 Å². The third kappa shape index (κ3) is 7.37. The number of benzene rings is 1. The van der Waals surface area contributed by atoms with Gasteiger partial charge in [-0.3, -0.25) is 4.99 Å². The Bertz CT molecular complexity index is 634. The summed E-state index contributed by atoms with van der Waals surface area (Å²) in [5, 5.41) is 6.53. The lowest BCUT2D eigenvalue weighted by Gasteiger charge is -2.27. The Morgan fingerprint density at radius 2 is 1.89 bits per heavy atom. The average Bonchev–Trinajstić information content (AvgIpc) is 3.45. The van der Waals surface area contributed by atoms with E-state index in [1.54, 1.807) is 14.2 Å². The molecular weight excluding hydrogens is 344 g/mol. The Labute approximate surface area is 162 Å². The molecule has 0 spiro atoms. The van der Waals surface area contributed by atoms with Crippen LogP contribution in [-0.2, 0) is 11.3 Å². The van der Waals surface area contributed by atoms with Gasteiger partial charge in [0.15, 0.2) is 5.96 Å². The predicted molar refractivity (Wildman–Crippen MR) is 107 cm³/mol. The van der Waals surface area contributed by atoms with E-state index >= 15 is 0 Å². The van der Waals surface area contributed by atoms with E-state index in [1.807, 2.05) is 49.9 Å². The number of ether oxygens (including phenoxy) is 2. The number of rotatable bonds is 7. The summed E-state index contributed by atoms with van der Waals surface area (Å²) in [6, 6.07) is 8.19. The molecule has 1 aromatic rings. The first kappa shape index (κ1) is 20.9. The van der Waals surface area contributed by atoms with Crippen LogP contribution < -0.4 is 15.4 Å². The monoisotopic (exact) mass is 376 g/mol. The molecule has 7 nitrogen and oxygen atoms in total. The molecule has 7 heteroatoms. The summed E-state index contributed by atoms with van der Waals surface area (Å²) in [6.07, 6.45) is 1.85. The van der Waals surface area contributed by atoms with Gasteiger partial charge in [-0.1, -0.05) is 12.1 Å². The van der Waals surface area contributed by atoms with Crippen LogP contribution in [0.15, 0.2) is 29.3 Å². The maximum absolute atomic E-state index is 12.4. The number of carbonyl (C=O) groups is 1. The van der Waals surface area contributed by atoms with Crippen molar-refractivity contribution < 1.29 is 14.3 Å². The van der Waals surface area contributed by atoms with Crippen molar-refractivity contribution in [1.82, 2.24) is 15.5 Å². The number of guanidine groups is 1. The summed E-state index contributed by atoms with van der Waals surface area (Å²) in [6.45, 7) is 7.51. The van der Waals surface area contributed by atoms with Crippen LogP contribution in [0, 0.1) is 0 Å². The first-order valence-electron chi connectivity index (χ1n) is 9.39. The number of amides is 1. The van der Waals surface area contributed by atoms with Crippen molar-refractivity contribution in [3.8, 4) is 5.75 Å². The summed E-state index contributed by atoms with van der Waals surface area (Å²) in [5.41, 5.74) is 0.653. The van der Waals surface area contributed by atoms with Crippen molar-refractivity contribution in [1.29, 1.82) is 0 Å². The van der Waals surface area contributed by atoms with Gasteiger partial charge in [-0.05, 0) is 51.3 Å². The minimum atomic E-state index is -0.479. The highest BCUT2D eigenvalue weighted by Crippen LogP contribution is 2.28. The van der Waals surface area contributed by atoms with E-state index in [-0.39, 0.29) is 6.09 Å². The second kappa shape index (κ2) is 9.48. The van der Waals surface area contributed by atoms with E-state index in [0.717, 1.165) is 24.2 Å². The van der Waals surface area contributed by atoms with Crippen LogP contribution >= 0.6 is 0 Å². The molecule has 0 atom stereocenters. The molecule has 1 aliphatic rings. The van der Waals surface area contributed by atoms with Crippen LogP contribution in [0.2, 0.25) is 0 Å². The second-order valence-electron chi connectivity index (χ2n) is 7.61. The zero-order valence-corrected chi connectivity index (χ0v) is 17.0. The minimum absolute atomic E-state index is 0.243. The Kier molecular flexibility index (Phi) is 7.33. The number of nitrogens with one attached hydrogen (secondary N) is 2. The van der Waals surface area contributed by atoms with Crippen molar-refractivity contribution in [2.75, 3.05) is 27.2 Å². The van der Waals surface area contributed by atoms with Gasteiger partial charge in [0.05, 0.1) is 7.11 Å². The van der Waals surface area contributed by atoms with E-state index in [9.17, 15) is 4.79 Å². The normalized spacial score (nSPS) is 14.5. The van der Waals surface area contributed by atoms with Crippen LogP contribution in [0.3, 0.4) is 0 Å². The van der Waals surface area contributed by atoms with Gasteiger partial charge >= 0.3 is 6.09 Å². The van der Waals surface area contributed by atoms with E-state index < -0.39 is 5.60 Å². The fraction of sp³-hybridized carbons (Fsp3) is 0.600. The lowest BCUT2D eigenvalue weighted by Crippen LogP contribution is -2.45. The summed E-state index contributed by atoms with van der Waals surface area (Å²) in [7, 11) is 3.39. The molecule has 1 fully saturated rings. The Hall–Kier alpha value is -2.44. The van der Waals surface area contributed by atoms with Crippen molar-refractivity contribution in [3.05, 3.63) is 29.8 Å². The Morgan fingerprint density at radius 1 is 1.22 bits per heavy atom. The first-order chi connectivity index (χ1) is 12.8. The van der Waals surface area contributed by atoms with E-state index in [0.29, 0.717) is 31.6 Å². The quantitative estimate of drug-likeness (QED) is 0.565. The van der Waals surface area contributed by atoms with Crippen molar-refractivity contribution in [3.63, 3.8) is 0 Å². The molecule has 2 N–H and O–H groups in total. The molecule has 1 aliphatic carbocycles. The molecule has 0 bridgehead atoms. The molecule has 150 valence electrons. The van der Waals surface area contributed by atoms with Gasteiger partial charge in [0, 0.05) is 32.7 Å². The summed E-state index contributed by atoms with van der Waals surface area (Å²) >= 11 is 0. The third-order valence-corrected chi connectivity index (χ3v) is 4.10. The van der Waals surface area contributed by atoms with Crippen molar-refractivity contribution in [2.45, 2.75) is 51.8 Å². The average molecular weight is 377 g/mol. The van der Waals surface area contributed by atoms with E-state index in [4.69, 9.17) is 9.47 Å². The number of hydrogen-bond acceptors (Lipinski definition) is 4. The van der Waals surface area contributed by atoms with Gasteiger partial charge in [0.25, 0.3) is 0 Å². The molecule has 2 rings (SSSR count). The molecule has 0 heterocycles. The topological polar surface area (TPSA) is 75.2 Å². The first-order valence-corrected chi connectivity index (χ1v) is 9.39. The minimum Gasteiger partial charge on any atom is -0.497 e. The van der Waals surface area contributed by atoms with Crippen LogP contribution in [0.1, 0.15) is 39.2 Å². The number of methoxy groups -OCH3 is 1. The summed E-state index contributed by atoms with van der Waals surface area (Å²) < 4.78 is 10.7. The number of carbonyl (C=O) groups excluding carboxylic acids is 1. The third-order valence-electron chi connectivity index (χ3n) is 4.10. The summed E-state index contributed by atoms with van der Waals surface area (Å²) in [4.78, 5) is 18.4. The molecule has 0 aromatic heterocycles. The highest BCUT2D eigenvalue weighted by molar-refractivity contribution is 5.79. The molecule has 0 aliphatic heterocycles. The largest absolute Gasteiger partial charge is 0.497 e. The zero-order chi connectivity index (χ0) is 19.9. The molecule has 1 amide bonds. The molecule has 27 heavy (non-hydrogen) atoms. The number of aliphatic imine (C=N–C) groups is 1. The van der Waals surface area contributed by atoms with Crippen LogP contribution in [0.5, 0.6) is 5.75 Å². The SMILES string of the molecule is CN=C(NCCN(C(=O)OC(C)(C)C)C1CC1)NCc1ccc(OC)cc1. The number of nitrogens with zero attached hydrogens (tertiary/aromatic N) is 2. The maximum Gasteiger partial charge on any atom is 0.410 e. The molecule has 0 unspecified atom stereocenters. The van der Waals surface area contributed by atoms with E-state index in [2.05, 4.69) is 15.6 Å². The lowest BCUT2D eigenvalue weighted by atomic mass is 10.2. The van der Waals surface area contributed by atoms with Crippen molar-refractivity contribution in [2.24, 2.45) is 4.99 Å². The fourth-order valence-corrected chi connectivity index (χ4v) is 2.57. The highest BCUT2D eigenvalue weighted by atomic mass is 16.6. The van der Waals surface area contributed by atoms with Gasteiger partial charge in [-0.15, -0.1) is 0 Å². The van der Waals surface area contributed by atoms with E-state index in [1.165, 1.54) is 0 Å². The van der Waals surface area contributed by atoms with Gasteiger partial charge in [0.2, 0.25) is 0 Å². The molecule has 1 saturated carbocycles. The van der Waals surface area contributed by atoms with Gasteiger partial charge < -0.3 is 25.0 Å². The lowest BCUT2D eigenvalue weighted by molar-refractivity contribution is 0.0238. The fourth-order valence-electron chi connectivity index (χ4n) is 2.57. The second-order valence-corrected chi connectivity index (χ2v) is 7.61. The maximum atomic E-state index is 12.4. The van der Waals surface area contributed by atoms with Gasteiger partial charge in [0.1, 0.15) is 11.4 Å². The predicted octanol–water partition coefficient (Wildman–Crippen LogP) is 2.76.